The maximum absolute atomic E-state index is 6.35. The van der Waals surface area contributed by atoms with Crippen LogP contribution in [0.4, 0.5) is 0 Å². The zero-order valence-corrected chi connectivity index (χ0v) is 13.4. The van der Waals surface area contributed by atoms with Crippen molar-refractivity contribution in [1.82, 2.24) is 5.32 Å². The van der Waals surface area contributed by atoms with Crippen LogP contribution in [0.1, 0.15) is 35.4 Å². The summed E-state index contributed by atoms with van der Waals surface area (Å²) in [5.41, 5.74) is 2.34. The fourth-order valence-corrected chi connectivity index (χ4v) is 3.47. The van der Waals surface area contributed by atoms with Crippen LogP contribution in [0.15, 0.2) is 29.6 Å². The molecule has 0 bridgehead atoms. The fourth-order valence-electron chi connectivity index (χ4n) is 2.05. The molecule has 1 N–H and O–H groups in total. The Morgan fingerprint density at radius 3 is 2.68 bits per heavy atom. The SMILES string of the molecule is CCCNC(c1cc(Cl)ccc1Cl)c1sccc1C. The Bertz CT molecular complexity index is 551. The predicted octanol–water partition coefficient (Wildman–Crippen LogP) is 5.45. The zero-order valence-electron chi connectivity index (χ0n) is 11.0. The number of aryl methyl sites for hydroxylation is 1. The lowest BCUT2D eigenvalue weighted by molar-refractivity contribution is 0.604. The molecule has 0 amide bonds. The molecule has 1 heterocycles. The van der Waals surface area contributed by atoms with E-state index in [1.54, 1.807) is 11.3 Å². The molecule has 19 heavy (non-hydrogen) atoms. The third kappa shape index (κ3) is 3.51. The van der Waals surface area contributed by atoms with Crippen LogP contribution < -0.4 is 5.32 Å². The molecular weight excluding hydrogens is 297 g/mol. The van der Waals surface area contributed by atoms with Gasteiger partial charge in [0.15, 0.2) is 0 Å². The second-order valence-electron chi connectivity index (χ2n) is 4.52. The molecule has 1 unspecified atom stereocenters. The standard InChI is InChI=1S/C15H17Cl2NS/c1-3-7-18-14(15-10(2)6-8-19-15)12-9-11(16)4-5-13(12)17/h4-6,8-9,14,18H,3,7H2,1-2H3. The highest BCUT2D eigenvalue weighted by Crippen LogP contribution is 2.34. The lowest BCUT2D eigenvalue weighted by Gasteiger charge is -2.20. The molecule has 0 saturated heterocycles. The van der Waals surface area contributed by atoms with E-state index in [-0.39, 0.29) is 6.04 Å². The summed E-state index contributed by atoms with van der Waals surface area (Å²) < 4.78 is 0. The van der Waals surface area contributed by atoms with Gasteiger partial charge in [0, 0.05) is 14.9 Å². The van der Waals surface area contributed by atoms with Crippen LogP contribution in [-0.2, 0) is 0 Å². The van der Waals surface area contributed by atoms with E-state index in [0.29, 0.717) is 0 Å². The first-order valence-electron chi connectivity index (χ1n) is 6.35. The van der Waals surface area contributed by atoms with Crippen molar-refractivity contribution in [1.29, 1.82) is 0 Å². The molecule has 1 atom stereocenters. The van der Waals surface area contributed by atoms with Gasteiger partial charge in [-0.2, -0.15) is 0 Å². The van der Waals surface area contributed by atoms with Crippen molar-refractivity contribution in [3.63, 3.8) is 0 Å². The molecule has 2 aromatic rings. The van der Waals surface area contributed by atoms with Gasteiger partial charge in [-0.15, -0.1) is 11.3 Å². The van der Waals surface area contributed by atoms with E-state index in [2.05, 4.69) is 30.6 Å². The molecule has 0 saturated carbocycles. The molecule has 102 valence electrons. The zero-order chi connectivity index (χ0) is 13.8. The van der Waals surface area contributed by atoms with E-state index >= 15 is 0 Å². The molecule has 4 heteroatoms. The van der Waals surface area contributed by atoms with Crippen molar-refractivity contribution in [2.45, 2.75) is 26.3 Å². The highest BCUT2D eigenvalue weighted by Gasteiger charge is 2.19. The molecule has 0 radical (unpaired) electrons. The van der Waals surface area contributed by atoms with Crippen molar-refractivity contribution in [2.75, 3.05) is 6.54 Å². The van der Waals surface area contributed by atoms with Crippen LogP contribution in [0, 0.1) is 6.92 Å². The number of rotatable bonds is 5. The lowest BCUT2D eigenvalue weighted by Crippen LogP contribution is -2.23. The third-order valence-corrected chi connectivity index (χ3v) is 4.69. The minimum Gasteiger partial charge on any atom is -0.306 e. The molecule has 1 nitrogen and oxygen atoms in total. The number of halogens is 2. The van der Waals surface area contributed by atoms with Gasteiger partial charge < -0.3 is 5.32 Å². The smallest absolute Gasteiger partial charge is 0.0688 e. The minimum absolute atomic E-state index is 0.117. The average molecular weight is 314 g/mol. The van der Waals surface area contributed by atoms with E-state index < -0.39 is 0 Å². The summed E-state index contributed by atoms with van der Waals surface area (Å²) in [6, 6.07) is 7.90. The van der Waals surface area contributed by atoms with Crippen LogP contribution in [0.2, 0.25) is 10.0 Å². The van der Waals surface area contributed by atoms with Gasteiger partial charge in [0.1, 0.15) is 0 Å². The number of benzene rings is 1. The van der Waals surface area contributed by atoms with Gasteiger partial charge in [-0.1, -0.05) is 30.1 Å². The van der Waals surface area contributed by atoms with Crippen LogP contribution in [0.25, 0.3) is 0 Å². The van der Waals surface area contributed by atoms with Gasteiger partial charge in [0.25, 0.3) is 0 Å². The molecule has 0 aliphatic rings. The first-order chi connectivity index (χ1) is 9.13. The van der Waals surface area contributed by atoms with E-state index in [1.165, 1.54) is 10.4 Å². The third-order valence-electron chi connectivity index (χ3n) is 3.03. The van der Waals surface area contributed by atoms with Gasteiger partial charge in [0.2, 0.25) is 0 Å². The van der Waals surface area contributed by atoms with E-state index in [4.69, 9.17) is 23.2 Å². The van der Waals surface area contributed by atoms with Crippen LogP contribution >= 0.6 is 34.5 Å². The van der Waals surface area contributed by atoms with Crippen molar-refractivity contribution >= 4 is 34.5 Å². The van der Waals surface area contributed by atoms with Gasteiger partial charge in [-0.3, -0.25) is 0 Å². The normalized spacial score (nSPS) is 12.6. The number of thiophene rings is 1. The molecule has 0 aliphatic carbocycles. The highest BCUT2D eigenvalue weighted by atomic mass is 35.5. The number of nitrogens with one attached hydrogen (secondary N) is 1. The van der Waals surface area contributed by atoms with Gasteiger partial charge in [-0.05, 0) is 60.7 Å². The summed E-state index contributed by atoms with van der Waals surface area (Å²) in [4.78, 5) is 1.30. The maximum Gasteiger partial charge on any atom is 0.0688 e. The van der Waals surface area contributed by atoms with E-state index in [9.17, 15) is 0 Å². The lowest BCUT2D eigenvalue weighted by atomic mass is 10.0. The summed E-state index contributed by atoms with van der Waals surface area (Å²) in [7, 11) is 0. The largest absolute Gasteiger partial charge is 0.306 e. The molecule has 1 aromatic heterocycles. The Morgan fingerprint density at radius 2 is 2.05 bits per heavy atom. The summed E-state index contributed by atoms with van der Waals surface area (Å²) in [5.74, 6) is 0. The van der Waals surface area contributed by atoms with Gasteiger partial charge in [0.05, 0.1) is 6.04 Å². The highest BCUT2D eigenvalue weighted by molar-refractivity contribution is 7.10. The van der Waals surface area contributed by atoms with Crippen LogP contribution in [0.5, 0.6) is 0 Å². The quantitative estimate of drug-likeness (QED) is 0.773. The maximum atomic E-state index is 6.35. The average Bonchev–Trinajstić information content (AvgIpc) is 2.80. The minimum atomic E-state index is 0.117. The topological polar surface area (TPSA) is 12.0 Å². The molecule has 0 fully saturated rings. The molecule has 0 aliphatic heterocycles. The first kappa shape index (κ1) is 14.9. The van der Waals surface area contributed by atoms with Gasteiger partial charge in [-0.25, -0.2) is 0 Å². The van der Waals surface area contributed by atoms with Gasteiger partial charge >= 0.3 is 0 Å². The van der Waals surface area contributed by atoms with Crippen molar-refractivity contribution in [3.8, 4) is 0 Å². The summed E-state index contributed by atoms with van der Waals surface area (Å²) in [6.07, 6.45) is 1.08. The molecular formula is C15H17Cl2NS. The fraction of sp³-hybridized carbons (Fsp3) is 0.333. The summed E-state index contributed by atoms with van der Waals surface area (Å²) in [6.45, 7) is 5.24. The molecule has 0 spiro atoms. The Hall–Kier alpha value is -0.540. The Labute approximate surface area is 128 Å². The predicted molar refractivity (Wildman–Crippen MR) is 85.7 cm³/mol. The van der Waals surface area contributed by atoms with E-state index in [1.807, 2.05) is 18.2 Å². The summed E-state index contributed by atoms with van der Waals surface area (Å²) >= 11 is 14.2. The van der Waals surface area contributed by atoms with E-state index in [0.717, 1.165) is 28.6 Å². The Balaban J connectivity index is 2.42. The second kappa shape index (κ2) is 6.76. The van der Waals surface area contributed by atoms with Crippen molar-refractivity contribution in [3.05, 3.63) is 55.7 Å². The summed E-state index contributed by atoms with van der Waals surface area (Å²) in [5, 5.41) is 7.15. The van der Waals surface area contributed by atoms with Crippen molar-refractivity contribution in [2.24, 2.45) is 0 Å². The van der Waals surface area contributed by atoms with Crippen LogP contribution in [-0.4, -0.2) is 6.54 Å². The Morgan fingerprint density at radius 1 is 1.26 bits per heavy atom. The van der Waals surface area contributed by atoms with Crippen LogP contribution in [0.3, 0.4) is 0 Å². The Kier molecular flexibility index (Phi) is 5.28. The second-order valence-corrected chi connectivity index (χ2v) is 6.31. The van der Waals surface area contributed by atoms with Crippen molar-refractivity contribution < 1.29 is 0 Å². The number of hydrogen-bond acceptors (Lipinski definition) is 2. The molecule has 1 aromatic carbocycles. The molecule has 2 rings (SSSR count). The number of hydrogen-bond donors (Lipinski definition) is 1. The monoisotopic (exact) mass is 313 g/mol. The first-order valence-corrected chi connectivity index (χ1v) is 7.99.